The van der Waals surface area contributed by atoms with Gasteiger partial charge in [0.2, 0.25) is 5.91 Å². The number of ether oxygens (including phenoxy) is 1. The highest BCUT2D eigenvalue weighted by atomic mass is 19.1. The van der Waals surface area contributed by atoms with Crippen molar-refractivity contribution in [2.24, 2.45) is 0 Å². The first-order valence-electron chi connectivity index (χ1n) is 7.12. The second kappa shape index (κ2) is 6.63. The van der Waals surface area contributed by atoms with E-state index >= 15 is 0 Å². The largest absolute Gasteiger partial charge is 0.372 e. The van der Waals surface area contributed by atoms with Crippen LogP contribution in [-0.4, -0.2) is 54.9 Å². The summed E-state index contributed by atoms with van der Waals surface area (Å²) in [5, 5.41) is 0. The van der Waals surface area contributed by atoms with Gasteiger partial charge in [-0.3, -0.25) is 15.6 Å². The smallest absolute Gasteiger partial charge is 0.224 e. The Morgan fingerprint density at radius 2 is 2.26 bits per heavy atom. The number of nitrogens with one attached hydrogen (secondary N) is 2. The Hall–Kier alpha value is -0.720. The second-order valence-corrected chi connectivity index (χ2v) is 5.63. The number of nitrogens with zero attached hydrogens (tertiary/aromatic N) is 1. The Labute approximate surface area is 113 Å². The first-order chi connectivity index (χ1) is 9.06. The summed E-state index contributed by atoms with van der Waals surface area (Å²) in [4.78, 5) is 13.7. The van der Waals surface area contributed by atoms with E-state index in [4.69, 9.17) is 4.74 Å². The zero-order chi connectivity index (χ0) is 13.8. The van der Waals surface area contributed by atoms with E-state index in [1.165, 1.54) is 0 Å². The van der Waals surface area contributed by atoms with Crippen molar-refractivity contribution in [3.05, 3.63) is 0 Å². The Kier molecular flexibility index (Phi) is 5.13. The van der Waals surface area contributed by atoms with Gasteiger partial charge in [0, 0.05) is 25.6 Å². The van der Waals surface area contributed by atoms with E-state index in [-0.39, 0.29) is 30.7 Å². The minimum Gasteiger partial charge on any atom is -0.372 e. The molecule has 0 bridgehead atoms. The zero-order valence-electron chi connectivity index (χ0n) is 11.7. The molecule has 110 valence electrons. The monoisotopic (exact) mass is 273 g/mol. The highest BCUT2D eigenvalue weighted by molar-refractivity contribution is 5.77. The molecular formula is C13H24FN3O2. The summed E-state index contributed by atoms with van der Waals surface area (Å²) in [5.74, 6) is 0.0341. The molecule has 2 aliphatic rings. The van der Waals surface area contributed by atoms with Crippen LogP contribution < -0.4 is 10.9 Å². The standard InChI is InChI=1S/C13H24FN3O2/c1-9(2)19-12-4-6-17(8-11(12)14)13(18)7-10-3-5-15-16-10/h9-12,15-16H,3-8H2,1-2H3/t10?,11-,12+/m1/s1. The van der Waals surface area contributed by atoms with Crippen LogP contribution in [0.4, 0.5) is 4.39 Å². The van der Waals surface area contributed by atoms with Gasteiger partial charge in [0.1, 0.15) is 6.17 Å². The van der Waals surface area contributed by atoms with Crippen molar-refractivity contribution in [3.63, 3.8) is 0 Å². The molecule has 0 radical (unpaired) electrons. The van der Waals surface area contributed by atoms with Crippen molar-refractivity contribution in [3.8, 4) is 0 Å². The van der Waals surface area contributed by atoms with Crippen LogP contribution in [0.5, 0.6) is 0 Å². The molecule has 2 N–H and O–H groups in total. The highest BCUT2D eigenvalue weighted by Crippen LogP contribution is 2.20. The Bertz CT molecular complexity index is 308. The van der Waals surface area contributed by atoms with Gasteiger partial charge < -0.3 is 9.64 Å². The summed E-state index contributed by atoms with van der Waals surface area (Å²) in [6.07, 6.45) is 0.554. The fourth-order valence-electron chi connectivity index (χ4n) is 2.64. The number of carbonyl (C=O) groups is 1. The number of amides is 1. The molecule has 0 saturated carbocycles. The Morgan fingerprint density at radius 1 is 1.47 bits per heavy atom. The molecular weight excluding hydrogens is 249 g/mol. The van der Waals surface area contributed by atoms with Crippen LogP contribution in [0.2, 0.25) is 0 Å². The van der Waals surface area contributed by atoms with E-state index < -0.39 is 6.17 Å². The molecule has 2 aliphatic heterocycles. The molecule has 3 atom stereocenters. The number of piperidine rings is 1. The molecule has 2 heterocycles. The molecule has 6 heteroatoms. The summed E-state index contributed by atoms with van der Waals surface area (Å²) in [7, 11) is 0. The lowest BCUT2D eigenvalue weighted by atomic mass is 10.0. The molecule has 1 amide bonds. The third kappa shape index (κ3) is 4.12. The van der Waals surface area contributed by atoms with Gasteiger partial charge in [-0.05, 0) is 26.7 Å². The lowest BCUT2D eigenvalue weighted by molar-refractivity contribution is -0.138. The first kappa shape index (κ1) is 14.7. The Balaban J connectivity index is 1.78. The van der Waals surface area contributed by atoms with Crippen LogP contribution in [0.25, 0.3) is 0 Å². The second-order valence-electron chi connectivity index (χ2n) is 5.63. The van der Waals surface area contributed by atoms with Crippen LogP contribution >= 0.6 is 0 Å². The van der Waals surface area contributed by atoms with E-state index in [2.05, 4.69) is 10.9 Å². The lowest BCUT2D eigenvalue weighted by Crippen LogP contribution is -2.49. The third-order valence-electron chi connectivity index (χ3n) is 3.63. The van der Waals surface area contributed by atoms with Crippen molar-refractivity contribution in [2.75, 3.05) is 19.6 Å². The number of halogens is 1. The minimum absolute atomic E-state index is 0.0271. The van der Waals surface area contributed by atoms with Crippen molar-refractivity contribution < 1.29 is 13.9 Å². The molecule has 19 heavy (non-hydrogen) atoms. The molecule has 1 unspecified atom stereocenters. The summed E-state index contributed by atoms with van der Waals surface area (Å²) < 4.78 is 19.5. The maximum absolute atomic E-state index is 14.0. The fraction of sp³-hybridized carbons (Fsp3) is 0.923. The lowest BCUT2D eigenvalue weighted by Gasteiger charge is -2.35. The number of hydrogen-bond donors (Lipinski definition) is 2. The SMILES string of the molecule is CC(C)O[C@H]1CCN(C(=O)CC2CCNN2)C[C@H]1F. The van der Waals surface area contributed by atoms with Crippen molar-refractivity contribution >= 4 is 5.91 Å². The number of alkyl halides is 1. The molecule has 0 aromatic carbocycles. The van der Waals surface area contributed by atoms with Gasteiger partial charge >= 0.3 is 0 Å². The summed E-state index contributed by atoms with van der Waals surface area (Å²) >= 11 is 0. The minimum atomic E-state index is -1.07. The average Bonchev–Trinajstić information content (AvgIpc) is 2.84. The number of carbonyl (C=O) groups excluding carboxylic acids is 1. The van der Waals surface area contributed by atoms with E-state index in [1.807, 2.05) is 13.8 Å². The summed E-state index contributed by atoms with van der Waals surface area (Å²) in [6.45, 7) is 5.45. The van der Waals surface area contributed by atoms with Crippen LogP contribution in [0, 0.1) is 0 Å². The topological polar surface area (TPSA) is 53.6 Å². The van der Waals surface area contributed by atoms with E-state index in [1.54, 1.807) is 4.90 Å². The van der Waals surface area contributed by atoms with Crippen LogP contribution in [0.15, 0.2) is 0 Å². The maximum Gasteiger partial charge on any atom is 0.224 e. The van der Waals surface area contributed by atoms with Crippen molar-refractivity contribution in [2.45, 2.75) is 57.5 Å². The van der Waals surface area contributed by atoms with Gasteiger partial charge in [0.15, 0.2) is 0 Å². The summed E-state index contributed by atoms with van der Waals surface area (Å²) in [5.41, 5.74) is 6.06. The maximum atomic E-state index is 14.0. The normalized spacial score (nSPS) is 32.0. The third-order valence-corrected chi connectivity index (χ3v) is 3.63. The van der Waals surface area contributed by atoms with Gasteiger partial charge in [-0.2, -0.15) is 0 Å². The highest BCUT2D eigenvalue weighted by Gasteiger charge is 2.33. The molecule has 2 saturated heterocycles. The average molecular weight is 273 g/mol. The predicted molar refractivity (Wildman–Crippen MR) is 70.3 cm³/mol. The summed E-state index contributed by atoms with van der Waals surface area (Å²) in [6, 6.07) is 0.176. The first-order valence-corrected chi connectivity index (χ1v) is 7.12. The number of hydrogen-bond acceptors (Lipinski definition) is 4. The van der Waals surface area contributed by atoms with E-state index in [0.717, 1.165) is 13.0 Å². The molecule has 0 aliphatic carbocycles. The Morgan fingerprint density at radius 3 is 2.84 bits per heavy atom. The fourth-order valence-corrected chi connectivity index (χ4v) is 2.64. The number of likely N-dealkylation sites (tertiary alicyclic amines) is 1. The van der Waals surface area contributed by atoms with Crippen molar-refractivity contribution in [1.29, 1.82) is 0 Å². The van der Waals surface area contributed by atoms with Gasteiger partial charge in [-0.15, -0.1) is 0 Å². The van der Waals surface area contributed by atoms with Crippen LogP contribution in [0.1, 0.15) is 33.1 Å². The predicted octanol–water partition coefficient (Wildman–Crippen LogP) is 0.607. The molecule has 2 fully saturated rings. The zero-order valence-corrected chi connectivity index (χ0v) is 11.7. The van der Waals surface area contributed by atoms with E-state index in [9.17, 15) is 9.18 Å². The number of rotatable bonds is 4. The van der Waals surface area contributed by atoms with Gasteiger partial charge in [-0.25, -0.2) is 4.39 Å². The number of hydrazine groups is 1. The van der Waals surface area contributed by atoms with Crippen LogP contribution in [-0.2, 0) is 9.53 Å². The molecule has 0 aromatic rings. The molecule has 0 spiro atoms. The van der Waals surface area contributed by atoms with Gasteiger partial charge in [-0.1, -0.05) is 0 Å². The van der Waals surface area contributed by atoms with Crippen molar-refractivity contribution in [1.82, 2.24) is 15.8 Å². The van der Waals surface area contributed by atoms with E-state index in [0.29, 0.717) is 19.4 Å². The molecule has 2 rings (SSSR count). The van der Waals surface area contributed by atoms with Gasteiger partial charge in [0.25, 0.3) is 0 Å². The van der Waals surface area contributed by atoms with Gasteiger partial charge in [0.05, 0.1) is 18.8 Å². The molecule has 5 nitrogen and oxygen atoms in total. The molecule has 0 aromatic heterocycles. The quantitative estimate of drug-likeness (QED) is 0.788. The van der Waals surface area contributed by atoms with Crippen LogP contribution in [0.3, 0.4) is 0 Å².